The van der Waals surface area contributed by atoms with E-state index in [1.807, 2.05) is 30.3 Å². The molecule has 2 aromatic carbocycles. The van der Waals surface area contributed by atoms with Crippen LogP contribution in [0.15, 0.2) is 71.1 Å². The summed E-state index contributed by atoms with van der Waals surface area (Å²) in [4.78, 5) is 0. The third kappa shape index (κ3) is 4.53. The molecular formula is C20H18F3NO2. The van der Waals surface area contributed by atoms with E-state index in [0.29, 0.717) is 30.2 Å². The smallest absolute Gasteiger partial charge is 0.416 e. The van der Waals surface area contributed by atoms with Crippen LogP contribution in [0.2, 0.25) is 0 Å². The molecule has 3 nitrogen and oxygen atoms in total. The van der Waals surface area contributed by atoms with Crippen molar-refractivity contribution < 1.29 is 22.7 Å². The molecular weight excluding hydrogens is 343 g/mol. The van der Waals surface area contributed by atoms with Crippen molar-refractivity contribution in [3.8, 4) is 11.3 Å². The van der Waals surface area contributed by atoms with Crippen LogP contribution < -0.4 is 5.32 Å². The Balaban J connectivity index is 1.60. The van der Waals surface area contributed by atoms with E-state index in [-0.39, 0.29) is 0 Å². The van der Waals surface area contributed by atoms with Crippen molar-refractivity contribution in [2.45, 2.75) is 18.8 Å². The Labute approximate surface area is 149 Å². The lowest BCUT2D eigenvalue weighted by atomic mass is 10.1. The topological polar surface area (TPSA) is 45.4 Å². The summed E-state index contributed by atoms with van der Waals surface area (Å²) < 4.78 is 44.0. The highest BCUT2D eigenvalue weighted by Gasteiger charge is 2.30. The number of benzene rings is 2. The molecule has 0 aliphatic heterocycles. The van der Waals surface area contributed by atoms with E-state index in [2.05, 4.69) is 5.32 Å². The van der Waals surface area contributed by atoms with Crippen LogP contribution in [0.3, 0.4) is 0 Å². The first kappa shape index (κ1) is 18.2. The van der Waals surface area contributed by atoms with Gasteiger partial charge in [-0.1, -0.05) is 42.5 Å². The molecule has 0 fully saturated rings. The second kappa shape index (κ2) is 7.76. The lowest BCUT2D eigenvalue weighted by Crippen LogP contribution is -2.20. The number of aliphatic hydroxyl groups excluding tert-OH is 1. The van der Waals surface area contributed by atoms with Gasteiger partial charge in [0.25, 0.3) is 0 Å². The van der Waals surface area contributed by atoms with Gasteiger partial charge in [-0.05, 0) is 29.8 Å². The standard InChI is InChI=1S/C20H18F3NO2/c21-20(22,23)16-8-4-7-15(11-16)19-10-9-17(26-19)12-24-13-18(25)14-5-2-1-3-6-14/h1-11,18,24-25H,12-13H2/t18-/m1/s1. The summed E-state index contributed by atoms with van der Waals surface area (Å²) in [6, 6.07) is 17.6. The fraction of sp³-hybridized carbons (Fsp3) is 0.200. The van der Waals surface area contributed by atoms with Gasteiger partial charge in [-0.25, -0.2) is 0 Å². The Kier molecular flexibility index (Phi) is 5.44. The molecule has 3 rings (SSSR count). The fourth-order valence-electron chi connectivity index (χ4n) is 2.60. The highest BCUT2D eigenvalue weighted by molar-refractivity contribution is 5.58. The van der Waals surface area contributed by atoms with E-state index >= 15 is 0 Å². The number of furan rings is 1. The van der Waals surface area contributed by atoms with Gasteiger partial charge in [0.15, 0.2) is 0 Å². The van der Waals surface area contributed by atoms with Crippen molar-refractivity contribution in [1.29, 1.82) is 0 Å². The maximum atomic E-state index is 12.8. The average Bonchev–Trinajstić information content (AvgIpc) is 3.11. The lowest BCUT2D eigenvalue weighted by molar-refractivity contribution is -0.137. The van der Waals surface area contributed by atoms with Gasteiger partial charge in [0, 0.05) is 12.1 Å². The van der Waals surface area contributed by atoms with Crippen molar-refractivity contribution in [3.63, 3.8) is 0 Å². The zero-order chi connectivity index (χ0) is 18.6. The second-order valence-corrected chi connectivity index (χ2v) is 5.90. The van der Waals surface area contributed by atoms with Crippen molar-refractivity contribution in [1.82, 2.24) is 5.32 Å². The molecule has 136 valence electrons. The monoisotopic (exact) mass is 361 g/mol. The van der Waals surface area contributed by atoms with Crippen LogP contribution >= 0.6 is 0 Å². The van der Waals surface area contributed by atoms with Crippen LogP contribution in [-0.2, 0) is 12.7 Å². The van der Waals surface area contributed by atoms with Crippen LogP contribution in [0.4, 0.5) is 13.2 Å². The molecule has 0 saturated heterocycles. The number of halogens is 3. The molecule has 0 bridgehead atoms. The minimum atomic E-state index is -4.39. The molecule has 0 radical (unpaired) electrons. The molecule has 0 saturated carbocycles. The third-order valence-corrected chi connectivity index (χ3v) is 3.96. The molecule has 3 aromatic rings. The molecule has 0 aliphatic rings. The van der Waals surface area contributed by atoms with Gasteiger partial charge in [0.05, 0.1) is 18.2 Å². The number of rotatable bonds is 6. The average molecular weight is 361 g/mol. The first-order valence-corrected chi connectivity index (χ1v) is 8.13. The van der Waals surface area contributed by atoms with Gasteiger partial charge in [0.2, 0.25) is 0 Å². The van der Waals surface area contributed by atoms with Crippen LogP contribution in [0, 0.1) is 0 Å². The first-order valence-electron chi connectivity index (χ1n) is 8.13. The van der Waals surface area contributed by atoms with Crippen molar-refractivity contribution in [3.05, 3.63) is 83.6 Å². The van der Waals surface area contributed by atoms with Crippen molar-refractivity contribution in [2.75, 3.05) is 6.54 Å². The Hall–Kier alpha value is -2.57. The normalized spacial score (nSPS) is 12.9. The summed E-state index contributed by atoms with van der Waals surface area (Å²) in [6.45, 7) is 0.701. The minimum absolute atomic E-state index is 0.337. The summed E-state index contributed by atoms with van der Waals surface area (Å²) in [5, 5.41) is 13.2. The van der Waals surface area contributed by atoms with Crippen LogP contribution in [0.25, 0.3) is 11.3 Å². The highest BCUT2D eigenvalue weighted by Crippen LogP contribution is 2.32. The lowest BCUT2D eigenvalue weighted by Gasteiger charge is -2.11. The zero-order valence-corrected chi connectivity index (χ0v) is 13.8. The highest BCUT2D eigenvalue weighted by atomic mass is 19.4. The largest absolute Gasteiger partial charge is 0.460 e. The third-order valence-electron chi connectivity index (χ3n) is 3.96. The van der Waals surface area contributed by atoms with E-state index in [9.17, 15) is 18.3 Å². The second-order valence-electron chi connectivity index (χ2n) is 5.90. The number of alkyl halides is 3. The summed E-state index contributed by atoms with van der Waals surface area (Å²) in [5.74, 6) is 0.953. The van der Waals surface area contributed by atoms with Gasteiger partial charge in [-0.2, -0.15) is 13.2 Å². The zero-order valence-electron chi connectivity index (χ0n) is 13.8. The molecule has 26 heavy (non-hydrogen) atoms. The number of hydrogen-bond donors (Lipinski definition) is 2. The number of hydrogen-bond acceptors (Lipinski definition) is 3. The predicted molar refractivity (Wildman–Crippen MR) is 92.3 cm³/mol. The Morgan fingerprint density at radius 3 is 2.46 bits per heavy atom. The van der Waals surface area contributed by atoms with Crippen molar-refractivity contribution in [2.24, 2.45) is 0 Å². The summed E-state index contributed by atoms with van der Waals surface area (Å²) in [5.41, 5.74) is 0.469. The van der Waals surface area contributed by atoms with Gasteiger partial charge < -0.3 is 14.8 Å². The van der Waals surface area contributed by atoms with Crippen LogP contribution in [-0.4, -0.2) is 11.7 Å². The Morgan fingerprint density at radius 2 is 1.73 bits per heavy atom. The van der Waals surface area contributed by atoms with Gasteiger partial charge in [-0.15, -0.1) is 0 Å². The quantitative estimate of drug-likeness (QED) is 0.664. The summed E-state index contributed by atoms with van der Waals surface area (Å²) in [7, 11) is 0. The number of nitrogens with one attached hydrogen (secondary N) is 1. The fourth-order valence-corrected chi connectivity index (χ4v) is 2.60. The van der Waals surface area contributed by atoms with E-state index in [1.54, 1.807) is 18.2 Å². The summed E-state index contributed by atoms with van der Waals surface area (Å²) in [6.07, 6.45) is -5.03. The maximum Gasteiger partial charge on any atom is 0.416 e. The predicted octanol–water partition coefficient (Wildman–Crippen LogP) is 4.79. The molecule has 1 aromatic heterocycles. The van der Waals surface area contributed by atoms with Gasteiger partial charge in [0.1, 0.15) is 11.5 Å². The SMILES string of the molecule is O[C@H](CNCc1ccc(-c2cccc(C(F)(F)F)c2)o1)c1ccccc1. The van der Waals surface area contributed by atoms with E-state index in [1.165, 1.54) is 6.07 Å². The minimum Gasteiger partial charge on any atom is -0.460 e. The number of aliphatic hydroxyl groups is 1. The molecule has 1 heterocycles. The molecule has 0 aliphatic carbocycles. The van der Waals surface area contributed by atoms with E-state index < -0.39 is 17.8 Å². The molecule has 6 heteroatoms. The van der Waals surface area contributed by atoms with Gasteiger partial charge in [-0.3, -0.25) is 0 Å². The molecule has 0 unspecified atom stereocenters. The molecule has 2 N–H and O–H groups in total. The summed E-state index contributed by atoms with van der Waals surface area (Å²) >= 11 is 0. The molecule has 0 amide bonds. The van der Waals surface area contributed by atoms with E-state index in [0.717, 1.165) is 17.7 Å². The Morgan fingerprint density at radius 1 is 0.962 bits per heavy atom. The van der Waals surface area contributed by atoms with Crippen molar-refractivity contribution >= 4 is 0 Å². The van der Waals surface area contributed by atoms with E-state index in [4.69, 9.17) is 4.42 Å². The van der Waals surface area contributed by atoms with Crippen LogP contribution in [0.1, 0.15) is 23.0 Å². The van der Waals surface area contributed by atoms with Gasteiger partial charge >= 0.3 is 6.18 Å². The first-order chi connectivity index (χ1) is 12.4. The molecule has 0 spiro atoms. The maximum absolute atomic E-state index is 12.8. The van der Waals surface area contributed by atoms with Crippen LogP contribution in [0.5, 0.6) is 0 Å². The Bertz CT molecular complexity index is 844. The molecule has 1 atom stereocenters.